The third kappa shape index (κ3) is 4.15. The van der Waals surface area contributed by atoms with Gasteiger partial charge in [-0.05, 0) is 31.2 Å². The molecule has 21 heavy (non-hydrogen) atoms. The molecule has 0 bridgehead atoms. The predicted molar refractivity (Wildman–Crippen MR) is 75.6 cm³/mol. The van der Waals surface area contributed by atoms with Crippen LogP contribution in [-0.2, 0) is 4.79 Å². The fourth-order valence-electron chi connectivity index (χ4n) is 1.83. The number of non-ortho nitro benzene ring substituents is 1. The molecule has 0 unspecified atom stereocenters. The van der Waals surface area contributed by atoms with Crippen LogP contribution in [0.4, 0.5) is 11.4 Å². The van der Waals surface area contributed by atoms with Gasteiger partial charge in [0.1, 0.15) is 6.04 Å². The first kappa shape index (κ1) is 14.7. The van der Waals surface area contributed by atoms with E-state index in [0.29, 0.717) is 5.69 Å². The number of hydrogen-bond acceptors (Lipinski definition) is 4. The maximum Gasteiger partial charge on any atom is 0.279 e. The van der Waals surface area contributed by atoms with E-state index in [1.165, 1.54) is 24.3 Å². The average molecular weight is 290 g/mol. The number of nitro groups is 1. The Morgan fingerprint density at radius 1 is 1.38 bits per heavy atom. The van der Waals surface area contributed by atoms with Crippen LogP contribution < -0.4 is 10.6 Å². The van der Waals surface area contributed by atoms with Crippen LogP contribution >= 0.6 is 0 Å². The molecule has 7 nitrogen and oxygen atoms in total. The van der Waals surface area contributed by atoms with Crippen molar-refractivity contribution in [3.8, 4) is 0 Å². The molecule has 0 aliphatic rings. The van der Waals surface area contributed by atoms with Crippen molar-refractivity contribution in [1.29, 1.82) is 0 Å². The molecule has 0 aliphatic carbocycles. The summed E-state index contributed by atoms with van der Waals surface area (Å²) in [5.74, 6) is 0.625. The number of nitro benzene ring substituents is 1. The van der Waals surface area contributed by atoms with Gasteiger partial charge in [0.2, 0.25) is 0 Å². The van der Waals surface area contributed by atoms with Gasteiger partial charge in [0.25, 0.3) is 11.6 Å². The SMILES string of the molecule is C[C@@H]([NH2+]CC(=O)Nc1ccc([N+](=O)[O-])cc1)c1ccco1. The number of carbonyl (C=O) groups is 1. The molecule has 1 aromatic carbocycles. The molecule has 1 aromatic heterocycles. The lowest BCUT2D eigenvalue weighted by atomic mass is 10.2. The Morgan fingerprint density at radius 3 is 2.67 bits per heavy atom. The quantitative estimate of drug-likeness (QED) is 0.621. The molecular weight excluding hydrogens is 274 g/mol. The third-order valence-corrected chi connectivity index (χ3v) is 3.01. The van der Waals surface area contributed by atoms with E-state index in [0.717, 1.165) is 5.76 Å². The molecule has 0 saturated carbocycles. The van der Waals surface area contributed by atoms with Crippen molar-refractivity contribution < 1.29 is 19.5 Å². The number of rotatable bonds is 6. The van der Waals surface area contributed by atoms with Crippen LogP contribution in [0, 0.1) is 10.1 Å². The van der Waals surface area contributed by atoms with E-state index in [9.17, 15) is 14.9 Å². The Morgan fingerprint density at radius 2 is 2.10 bits per heavy atom. The second kappa shape index (κ2) is 6.67. The van der Waals surface area contributed by atoms with Crippen LogP contribution in [0.5, 0.6) is 0 Å². The van der Waals surface area contributed by atoms with Crippen molar-refractivity contribution in [3.05, 3.63) is 58.5 Å². The number of benzene rings is 1. The number of nitrogens with two attached hydrogens (primary N) is 1. The first-order chi connectivity index (χ1) is 10.1. The molecule has 0 radical (unpaired) electrons. The smallest absolute Gasteiger partial charge is 0.279 e. The lowest BCUT2D eigenvalue weighted by molar-refractivity contribution is -0.684. The number of nitrogens with zero attached hydrogens (tertiary/aromatic N) is 1. The summed E-state index contributed by atoms with van der Waals surface area (Å²) < 4.78 is 5.25. The number of nitrogens with one attached hydrogen (secondary N) is 1. The normalized spacial score (nSPS) is 11.9. The highest BCUT2D eigenvalue weighted by molar-refractivity contribution is 5.91. The van der Waals surface area contributed by atoms with Crippen molar-refractivity contribution in [1.82, 2.24) is 0 Å². The lowest BCUT2D eigenvalue weighted by Crippen LogP contribution is -2.86. The molecule has 1 heterocycles. The maximum absolute atomic E-state index is 11.8. The van der Waals surface area contributed by atoms with Gasteiger partial charge in [-0.1, -0.05) is 0 Å². The van der Waals surface area contributed by atoms with Gasteiger partial charge in [0.15, 0.2) is 12.3 Å². The lowest BCUT2D eigenvalue weighted by Gasteiger charge is -2.08. The summed E-state index contributed by atoms with van der Waals surface area (Å²) in [6.45, 7) is 2.18. The zero-order valence-electron chi connectivity index (χ0n) is 11.5. The number of anilines is 1. The molecule has 0 aliphatic heterocycles. The van der Waals surface area contributed by atoms with Gasteiger partial charge in [-0.2, -0.15) is 0 Å². The average Bonchev–Trinajstić information content (AvgIpc) is 2.99. The van der Waals surface area contributed by atoms with Crippen LogP contribution in [0.1, 0.15) is 18.7 Å². The first-order valence-corrected chi connectivity index (χ1v) is 6.47. The van der Waals surface area contributed by atoms with E-state index in [4.69, 9.17) is 4.42 Å². The van der Waals surface area contributed by atoms with Gasteiger partial charge >= 0.3 is 0 Å². The minimum Gasteiger partial charge on any atom is -0.463 e. The van der Waals surface area contributed by atoms with E-state index in [1.54, 1.807) is 12.3 Å². The molecule has 2 aromatic rings. The van der Waals surface area contributed by atoms with Gasteiger partial charge in [-0.25, -0.2) is 0 Å². The summed E-state index contributed by atoms with van der Waals surface area (Å²) >= 11 is 0. The highest BCUT2D eigenvalue weighted by Gasteiger charge is 2.14. The van der Waals surface area contributed by atoms with Crippen molar-refractivity contribution in [2.75, 3.05) is 11.9 Å². The molecule has 0 spiro atoms. The third-order valence-electron chi connectivity index (χ3n) is 3.01. The van der Waals surface area contributed by atoms with E-state index in [-0.39, 0.29) is 24.2 Å². The number of furan rings is 1. The van der Waals surface area contributed by atoms with E-state index >= 15 is 0 Å². The summed E-state index contributed by atoms with van der Waals surface area (Å²) in [7, 11) is 0. The van der Waals surface area contributed by atoms with Crippen molar-refractivity contribution in [2.45, 2.75) is 13.0 Å². The molecule has 2 rings (SSSR count). The highest BCUT2D eigenvalue weighted by atomic mass is 16.6. The van der Waals surface area contributed by atoms with Crippen LogP contribution in [0.25, 0.3) is 0 Å². The maximum atomic E-state index is 11.8. The van der Waals surface area contributed by atoms with Crippen molar-refractivity contribution >= 4 is 17.3 Å². The molecule has 1 atom stereocenters. The molecule has 3 N–H and O–H groups in total. The Hall–Kier alpha value is -2.67. The minimum atomic E-state index is -0.482. The Kier molecular flexibility index (Phi) is 4.68. The van der Waals surface area contributed by atoms with E-state index in [2.05, 4.69) is 5.32 Å². The fourth-order valence-corrected chi connectivity index (χ4v) is 1.83. The largest absolute Gasteiger partial charge is 0.463 e. The molecule has 0 saturated heterocycles. The Labute approximate surface area is 121 Å². The van der Waals surface area contributed by atoms with Crippen molar-refractivity contribution in [3.63, 3.8) is 0 Å². The van der Waals surface area contributed by atoms with E-state index in [1.807, 2.05) is 18.3 Å². The van der Waals surface area contributed by atoms with Gasteiger partial charge in [-0.3, -0.25) is 14.9 Å². The second-order valence-electron chi connectivity index (χ2n) is 4.60. The van der Waals surface area contributed by atoms with Crippen molar-refractivity contribution in [2.24, 2.45) is 0 Å². The van der Waals surface area contributed by atoms with E-state index < -0.39 is 4.92 Å². The monoisotopic (exact) mass is 290 g/mol. The van der Waals surface area contributed by atoms with Crippen LogP contribution in [0.2, 0.25) is 0 Å². The molecule has 7 heteroatoms. The standard InChI is InChI=1S/C14H15N3O4/c1-10(13-3-2-8-21-13)15-9-14(18)16-11-4-6-12(7-5-11)17(19)20/h2-8,10,15H,9H2,1H3,(H,16,18)/p+1/t10-/m1/s1. The Balaban J connectivity index is 1.83. The highest BCUT2D eigenvalue weighted by Crippen LogP contribution is 2.15. The zero-order valence-corrected chi connectivity index (χ0v) is 11.5. The number of hydrogen-bond donors (Lipinski definition) is 2. The van der Waals surface area contributed by atoms with Gasteiger partial charge in [0, 0.05) is 17.8 Å². The van der Waals surface area contributed by atoms with Crippen LogP contribution in [0.15, 0.2) is 47.1 Å². The predicted octanol–water partition coefficient (Wildman–Crippen LogP) is 1.45. The van der Waals surface area contributed by atoms with Gasteiger partial charge in [0.05, 0.1) is 11.2 Å². The number of amides is 1. The van der Waals surface area contributed by atoms with Crippen LogP contribution in [0.3, 0.4) is 0 Å². The Bertz CT molecular complexity index is 608. The summed E-state index contributed by atoms with van der Waals surface area (Å²) in [4.78, 5) is 21.8. The molecule has 110 valence electrons. The molecule has 1 amide bonds. The second-order valence-corrected chi connectivity index (χ2v) is 4.60. The van der Waals surface area contributed by atoms with Gasteiger partial charge < -0.3 is 15.1 Å². The summed E-state index contributed by atoms with van der Waals surface area (Å²) in [6.07, 6.45) is 1.59. The van der Waals surface area contributed by atoms with Crippen LogP contribution in [-0.4, -0.2) is 17.4 Å². The number of quaternary nitrogens is 1. The first-order valence-electron chi connectivity index (χ1n) is 6.47. The van der Waals surface area contributed by atoms with Gasteiger partial charge in [-0.15, -0.1) is 0 Å². The zero-order chi connectivity index (χ0) is 15.2. The summed E-state index contributed by atoms with van der Waals surface area (Å²) in [6, 6.07) is 9.42. The molecule has 0 fully saturated rings. The topological polar surface area (TPSA) is 102 Å². The summed E-state index contributed by atoms with van der Waals surface area (Å²) in [5.41, 5.74) is 0.524. The summed E-state index contributed by atoms with van der Waals surface area (Å²) in [5, 5.41) is 15.1. The molecular formula is C14H16N3O4+. The minimum absolute atomic E-state index is 0.00833. The fraction of sp³-hybridized carbons (Fsp3) is 0.214. The number of carbonyl (C=O) groups excluding carboxylic acids is 1.